The zero-order chi connectivity index (χ0) is 9.84. The van der Waals surface area contributed by atoms with Gasteiger partial charge in [-0.25, -0.2) is 0 Å². The lowest BCUT2D eigenvalue weighted by Crippen LogP contribution is -2.31. The Balaban J connectivity index is 2.33. The Labute approximate surface area is 87.7 Å². The lowest BCUT2D eigenvalue weighted by atomic mass is 10.5. The van der Waals surface area contributed by atoms with E-state index in [1.807, 2.05) is 26.5 Å². The standard InChI is InChI=1S/C8H13ClN2OS/c1-10-3-4-11(2)8(10)13-6-7(12)5-9/h3-4,8H,5-6H2,1-2H3. The molecule has 0 unspecified atom stereocenters. The molecule has 0 amide bonds. The van der Waals surface area contributed by atoms with Crippen molar-refractivity contribution in [1.29, 1.82) is 0 Å². The monoisotopic (exact) mass is 220 g/mol. The molecule has 5 heteroatoms. The van der Waals surface area contributed by atoms with Crippen molar-refractivity contribution in [2.45, 2.75) is 5.50 Å². The SMILES string of the molecule is CN1C=CN(C)C1SCC(=O)CCl. The number of thioether (sulfide) groups is 1. The number of nitrogens with zero attached hydrogens (tertiary/aromatic N) is 2. The average Bonchev–Trinajstić information content (AvgIpc) is 2.43. The number of hydrogen-bond donors (Lipinski definition) is 0. The first-order valence-corrected chi connectivity index (χ1v) is 5.55. The highest BCUT2D eigenvalue weighted by Crippen LogP contribution is 2.22. The molecule has 0 spiro atoms. The van der Waals surface area contributed by atoms with E-state index in [2.05, 4.69) is 9.80 Å². The van der Waals surface area contributed by atoms with Crippen LogP contribution in [0.2, 0.25) is 0 Å². The van der Waals surface area contributed by atoms with Crippen molar-refractivity contribution < 1.29 is 4.79 Å². The normalized spacial score (nSPS) is 17.2. The molecule has 1 heterocycles. The molecule has 0 N–H and O–H groups in total. The van der Waals surface area contributed by atoms with E-state index in [1.54, 1.807) is 11.8 Å². The molecule has 1 rings (SSSR count). The van der Waals surface area contributed by atoms with Crippen molar-refractivity contribution in [3.8, 4) is 0 Å². The van der Waals surface area contributed by atoms with E-state index in [1.165, 1.54) is 0 Å². The van der Waals surface area contributed by atoms with Crippen LogP contribution in [0.3, 0.4) is 0 Å². The van der Waals surface area contributed by atoms with E-state index in [-0.39, 0.29) is 17.2 Å². The van der Waals surface area contributed by atoms with E-state index in [0.717, 1.165) is 0 Å². The van der Waals surface area contributed by atoms with Crippen LogP contribution in [0, 0.1) is 0 Å². The van der Waals surface area contributed by atoms with Gasteiger partial charge in [-0.3, -0.25) is 4.79 Å². The Morgan fingerprint density at radius 2 is 2.00 bits per heavy atom. The number of rotatable bonds is 4. The highest BCUT2D eigenvalue weighted by molar-refractivity contribution is 8.00. The van der Waals surface area contributed by atoms with Gasteiger partial charge in [-0.2, -0.15) is 0 Å². The lowest BCUT2D eigenvalue weighted by molar-refractivity contribution is -0.114. The molecule has 1 aliphatic heterocycles. The highest BCUT2D eigenvalue weighted by Gasteiger charge is 2.21. The minimum Gasteiger partial charge on any atom is -0.351 e. The summed E-state index contributed by atoms with van der Waals surface area (Å²) in [6.45, 7) is 0. The van der Waals surface area contributed by atoms with Crippen LogP contribution in [0.5, 0.6) is 0 Å². The number of hydrogen-bond acceptors (Lipinski definition) is 4. The fourth-order valence-electron chi connectivity index (χ4n) is 1.09. The molecule has 0 aromatic heterocycles. The van der Waals surface area contributed by atoms with Gasteiger partial charge in [0.25, 0.3) is 0 Å². The molecule has 0 fully saturated rings. The van der Waals surface area contributed by atoms with Gasteiger partial charge in [0.15, 0.2) is 5.78 Å². The number of alkyl halides is 1. The molecule has 0 radical (unpaired) electrons. The van der Waals surface area contributed by atoms with Crippen molar-refractivity contribution in [1.82, 2.24) is 9.80 Å². The molecule has 13 heavy (non-hydrogen) atoms. The van der Waals surface area contributed by atoms with Gasteiger partial charge in [-0.1, -0.05) is 0 Å². The van der Waals surface area contributed by atoms with Crippen LogP contribution in [0.25, 0.3) is 0 Å². The lowest BCUT2D eigenvalue weighted by Gasteiger charge is -2.26. The minimum atomic E-state index is 0.0837. The van der Waals surface area contributed by atoms with Crippen LogP contribution in [-0.2, 0) is 4.79 Å². The molecule has 0 aromatic carbocycles. The maximum absolute atomic E-state index is 11.0. The summed E-state index contributed by atoms with van der Waals surface area (Å²) >= 11 is 6.99. The summed E-state index contributed by atoms with van der Waals surface area (Å²) in [5.74, 6) is 0.672. The zero-order valence-electron chi connectivity index (χ0n) is 7.74. The predicted octanol–water partition coefficient (Wildman–Crippen LogP) is 1.16. The zero-order valence-corrected chi connectivity index (χ0v) is 9.31. The summed E-state index contributed by atoms with van der Waals surface area (Å²) < 4.78 is 0. The molecule has 1 aliphatic rings. The van der Waals surface area contributed by atoms with E-state index < -0.39 is 0 Å². The minimum absolute atomic E-state index is 0.0837. The molecule has 74 valence electrons. The molecule has 0 bridgehead atoms. The topological polar surface area (TPSA) is 23.6 Å². The molecular weight excluding hydrogens is 208 g/mol. The largest absolute Gasteiger partial charge is 0.351 e. The Hall–Kier alpha value is -0.350. The molecule has 0 aliphatic carbocycles. The first-order valence-electron chi connectivity index (χ1n) is 3.96. The third kappa shape index (κ3) is 2.81. The van der Waals surface area contributed by atoms with E-state index >= 15 is 0 Å². The number of carbonyl (C=O) groups excluding carboxylic acids is 1. The first-order chi connectivity index (χ1) is 6.15. The smallest absolute Gasteiger partial charge is 0.157 e. The predicted molar refractivity (Wildman–Crippen MR) is 56.6 cm³/mol. The summed E-state index contributed by atoms with van der Waals surface area (Å²) in [5.41, 5.74) is 0.229. The molecule has 0 aromatic rings. The summed E-state index contributed by atoms with van der Waals surface area (Å²) in [5, 5.41) is 0. The number of halogens is 1. The van der Waals surface area contributed by atoms with Crippen molar-refractivity contribution >= 4 is 29.1 Å². The van der Waals surface area contributed by atoms with Crippen LogP contribution in [-0.4, -0.2) is 46.8 Å². The Morgan fingerprint density at radius 3 is 2.46 bits per heavy atom. The van der Waals surface area contributed by atoms with Crippen LogP contribution in [0.15, 0.2) is 12.4 Å². The van der Waals surface area contributed by atoms with Crippen LogP contribution in [0.1, 0.15) is 0 Å². The van der Waals surface area contributed by atoms with Crippen LogP contribution < -0.4 is 0 Å². The molecule has 0 atom stereocenters. The Bertz CT molecular complexity index is 210. The first kappa shape index (κ1) is 10.7. The molecule has 3 nitrogen and oxygen atoms in total. The Morgan fingerprint density at radius 1 is 1.46 bits per heavy atom. The second-order valence-electron chi connectivity index (χ2n) is 2.94. The molecule has 0 saturated heterocycles. The van der Waals surface area contributed by atoms with Gasteiger partial charge in [0, 0.05) is 26.5 Å². The number of ketones is 1. The van der Waals surface area contributed by atoms with E-state index in [9.17, 15) is 4.79 Å². The van der Waals surface area contributed by atoms with Crippen LogP contribution >= 0.6 is 23.4 Å². The van der Waals surface area contributed by atoms with Gasteiger partial charge in [-0.15, -0.1) is 23.4 Å². The second kappa shape index (κ2) is 4.77. The van der Waals surface area contributed by atoms with Gasteiger partial charge in [0.1, 0.15) is 5.50 Å². The van der Waals surface area contributed by atoms with E-state index in [0.29, 0.717) is 5.75 Å². The quantitative estimate of drug-likeness (QED) is 0.664. The van der Waals surface area contributed by atoms with Gasteiger partial charge in [0.2, 0.25) is 0 Å². The second-order valence-corrected chi connectivity index (χ2v) is 4.25. The average molecular weight is 221 g/mol. The van der Waals surface area contributed by atoms with Gasteiger partial charge in [0.05, 0.1) is 11.6 Å². The van der Waals surface area contributed by atoms with Crippen molar-refractivity contribution in [3.63, 3.8) is 0 Å². The summed E-state index contributed by atoms with van der Waals surface area (Å²) in [4.78, 5) is 15.1. The fraction of sp³-hybridized carbons (Fsp3) is 0.625. The third-order valence-electron chi connectivity index (χ3n) is 1.78. The number of Topliss-reactive ketones (excluding diaryl/α,β-unsaturated/α-hetero) is 1. The number of carbonyl (C=O) groups is 1. The maximum Gasteiger partial charge on any atom is 0.157 e. The maximum atomic E-state index is 11.0. The van der Waals surface area contributed by atoms with Crippen molar-refractivity contribution in [2.24, 2.45) is 0 Å². The fourth-order valence-corrected chi connectivity index (χ4v) is 2.34. The molecular formula is C8H13ClN2OS. The van der Waals surface area contributed by atoms with Crippen molar-refractivity contribution in [2.75, 3.05) is 25.7 Å². The van der Waals surface area contributed by atoms with Gasteiger partial charge in [-0.05, 0) is 0 Å². The Kier molecular flexibility index (Phi) is 3.93. The highest BCUT2D eigenvalue weighted by atomic mass is 35.5. The third-order valence-corrected chi connectivity index (χ3v) is 3.53. The van der Waals surface area contributed by atoms with Crippen LogP contribution in [0.4, 0.5) is 0 Å². The summed E-state index contributed by atoms with van der Waals surface area (Å²) in [6.07, 6.45) is 3.98. The van der Waals surface area contributed by atoms with E-state index in [4.69, 9.17) is 11.6 Å². The summed E-state index contributed by atoms with van der Waals surface area (Å²) in [6, 6.07) is 0. The van der Waals surface area contributed by atoms with Gasteiger partial charge >= 0.3 is 0 Å². The van der Waals surface area contributed by atoms with Crippen molar-refractivity contribution in [3.05, 3.63) is 12.4 Å². The summed E-state index contributed by atoms with van der Waals surface area (Å²) in [7, 11) is 3.98. The molecule has 0 saturated carbocycles. The van der Waals surface area contributed by atoms with Gasteiger partial charge < -0.3 is 9.80 Å².